The third kappa shape index (κ3) is 3.37. The Morgan fingerprint density at radius 2 is 1.83 bits per heavy atom. The smallest absolute Gasteiger partial charge is 0.311 e. The van der Waals surface area contributed by atoms with Crippen molar-refractivity contribution in [1.82, 2.24) is 4.90 Å². The minimum absolute atomic E-state index is 0.292. The van der Waals surface area contributed by atoms with E-state index in [9.17, 15) is 10.0 Å². The van der Waals surface area contributed by atoms with Gasteiger partial charge in [-0.15, -0.1) is 0 Å². The SMILES string of the molecule is CN(C)C(=O)C=[N+]([O-])C(C)(C)C. The van der Waals surface area contributed by atoms with Crippen LogP contribution in [0, 0.1) is 5.21 Å². The van der Waals surface area contributed by atoms with Gasteiger partial charge in [0, 0.05) is 34.9 Å². The average molecular weight is 172 g/mol. The first-order chi connectivity index (χ1) is 5.25. The van der Waals surface area contributed by atoms with Gasteiger partial charge in [-0.25, -0.2) is 4.74 Å². The Morgan fingerprint density at radius 3 is 2.08 bits per heavy atom. The van der Waals surface area contributed by atoms with Crippen LogP contribution in [0.4, 0.5) is 0 Å². The van der Waals surface area contributed by atoms with Crippen LogP contribution in [-0.4, -0.2) is 41.4 Å². The fourth-order valence-electron chi connectivity index (χ4n) is 0.409. The van der Waals surface area contributed by atoms with Crippen molar-refractivity contribution in [3.8, 4) is 0 Å². The quantitative estimate of drug-likeness (QED) is 0.249. The lowest BCUT2D eigenvalue weighted by Crippen LogP contribution is -2.34. The summed E-state index contributed by atoms with van der Waals surface area (Å²) in [5, 5.41) is 11.2. The molecule has 0 aromatic heterocycles. The van der Waals surface area contributed by atoms with Crippen molar-refractivity contribution in [2.24, 2.45) is 0 Å². The van der Waals surface area contributed by atoms with E-state index >= 15 is 0 Å². The molecule has 0 fully saturated rings. The van der Waals surface area contributed by atoms with Crippen LogP contribution in [0.1, 0.15) is 20.8 Å². The molecule has 0 radical (unpaired) electrons. The molecule has 0 unspecified atom stereocenters. The summed E-state index contributed by atoms with van der Waals surface area (Å²) in [7, 11) is 3.21. The zero-order valence-corrected chi connectivity index (χ0v) is 8.29. The molecule has 0 aliphatic heterocycles. The standard InChI is InChI=1S/C8H16N2O2/c1-8(2,3)10(12)6-7(11)9(4)5/h6H,1-5H3. The third-order valence-electron chi connectivity index (χ3n) is 1.33. The lowest BCUT2D eigenvalue weighted by Gasteiger charge is -2.18. The lowest BCUT2D eigenvalue weighted by molar-refractivity contribution is -0.530. The second-order valence-electron chi connectivity index (χ2n) is 3.86. The van der Waals surface area contributed by atoms with Gasteiger partial charge in [0.15, 0.2) is 5.54 Å². The van der Waals surface area contributed by atoms with Crippen LogP contribution in [0.2, 0.25) is 0 Å². The highest BCUT2D eigenvalue weighted by Gasteiger charge is 2.19. The molecule has 0 saturated heterocycles. The number of amides is 1. The van der Waals surface area contributed by atoms with Crippen molar-refractivity contribution in [3.05, 3.63) is 5.21 Å². The Balaban J connectivity index is 4.48. The van der Waals surface area contributed by atoms with Gasteiger partial charge in [0.1, 0.15) is 0 Å². The van der Waals surface area contributed by atoms with Crippen molar-refractivity contribution in [2.75, 3.05) is 14.1 Å². The van der Waals surface area contributed by atoms with Crippen molar-refractivity contribution >= 4 is 12.1 Å². The monoisotopic (exact) mass is 172 g/mol. The van der Waals surface area contributed by atoms with Crippen molar-refractivity contribution in [1.29, 1.82) is 0 Å². The highest BCUT2D eigenvalue weighted by molar-refractivity contribution is 6.23. The van der Waals surface area contributed by atoms with Gasteiger partial charge in [-0.3, -0.25) is 4.79 Å². The number of carbonyl (C=O) groups excluding carboxylic acids is 1. The molecule has 0 rings (SSSR count). The summed E-state index contributed by atoms with van der Waals surface area (Å²) in [4.78, 5) is 12.4. The maximum Gasteiger partial charge on any atom is 0.311 e. The van der Waals surface area contributed by atoms with E-state index in [1.54, 1.807) is 34.9 Å². The second kappa shape index (κ2) is 3.56. The molecule has 70 valence electrons. The maximum absolute atomic E-state index is 11.2. The van der Waals surface area contributed by atoms with Crippen molar-refractivity contribution in [3.63, 3.8) is 0 Å². The summed E-state index contributed by atoms with van der Waals surface area (Å²) < 4.78 is 0.662. The third-order valence-corrected chi connectivity index (χ3v) is 1.33. The Kier molecular flexibility index (Phi) is 3.24. The number of rotatable bonds is 1. The molecule has 0 bridgehead atoms. The number of hydrogen-bond donors (Lipinski definition) is 0. The molecule has 1 amide bonds. The van der Waals surface area contributed by atoms with Crippen LogP contribution in [0.15, 0.2) is 0 Å². The molecule has 0 aliphatic carbocycles. The van der Waals surface area contributed by atoms with Gasteiger partial charge < -0.3 is 10.1 Å². The van der Waals surface area contributed by atoms with Crippen LogP contribution >= 0.6 is 0 Å². The van der Waals surface area contributed by atoms with Crippen LogP contribution in [0.25, 0.3) is 0 Å². The van der Waals surface area contributed by atoms with Gasteiger partial charge >= 0.3 is 5.91 Å². The minimum atomic E-state index is -0.550. The Bertz CT molecular complexity index is 202. The molecule has 0 atom stereocenters. The Morgan fingerprint density at radius 1 is 1.42 bits per heavy atom. The van der Waals surface area contributed by atoms with Gasteiger partial charge in [-0.1, -0.05) is 0 Å². The molecule has 0 aromatic carbocycles. The zero-order valence-electron chi connectivity index (χ0n) is 8.29. The number of hydroxylamine groups is 1. The molecular weight excluding hydrogens is 156 g/mol. The van der Waals surface area contributed by atoms with E-state index in [1.807, 2.05) is 0 Å². The van der Waals surface area contributed by atoms with Crippen LogP contribution < -0.4 is 0 Å². The molecular formula is C8H16N2O2. The fraction of sp³-hybridized carbons (Fsp3) is 0.750. The molecule has 0 heterocycles. The van der Waals surface area contributed by atoms with Gasteiger partial charge in [0.2, 0.25) is 6.21 Å². The van der Waals surface area contributed by atoms with E-state index in [0.717, 1.165) is 6.21 Å². The summed E-state index contributed by atoms with van der Waals surface area (Å²) in [6.07, 6.45) is 1.06. The summed E-state index contributed by atoms with van der Waals surface area (Å²) in [6.45, 7) is 5.25. The molecule has 4 nitrogen and oxygen atoms in total. The Hall–Kier alpha value is -1.06. The molecule has 12 heavy (non-hydrogen) atoms. The molecule has 0 spiro atoms. The van der Waals surface area contributed by atoms with Crippen LogP contribution in [0.5, 0.6) is 0 Å². The summed E-state index contributed by atoms with van der Waals surface area (Å²) in [5.41, 5.74) is -0.550. The predicted molar refractivity (Wildman–Crippen MR) is 48.1 cm³/mol. The first kappa shape index (κ1) is 10.9. The molecule has 0 N–H and O–H groups in total. The number of hydrogen-bond acceptors (Lipinski definition) is 2. The number of carbonyl (C=O) groups is 1. The van der Waals surface area contributed by atoms with Gasteiger partial charge in [-0.2, -0.15) is 0 Å². The van der Waals surface area contributed by atoms with E-state index in [2.05, 4.69) is 0 Å². The van der Waals surface area contributed by atoms with Gasteiger partial charge in [0.05, 0.1) is 0 Å². The molecule has 0 aliphatic rings. The first-order valence-corrected chi connectivity index (χ1v) is 3.78. The predicted octanol–water partition coefficient (Wildman–Crippen LogP) is 0.454. The second-order valence-corrected chi connectivity index (χ2v) is 3.86. The van der Waals surface area contributed by atoms with Crippen LogP contribution in [-0.2, 0) is 4.79 Å². The van der Waals surface area contributed by atoms with E-state index in [4.69, 9.17) is 0 Å². The Labute approximate surface area is 73.1 Å². The van der Waals surface area contributed by atoms with E-state index < -0.39 is 5.54 Å². The van der Waals surface area contributed by atoms with E-state index in [0.29, 0.717) is 4.74 Å². The minimum Gasteiger partial charge on any atom is -0.623 e. The normalized spacial score (nSPS) is 12.9. The van der Waals surface area contributed by atoms with Crippen LogP contribution in [0.3, 0.4) is 0 Å². The van der Waals surface area contributed by atoms with E-state index in [-0.39, 0.29) is 5.91 Å². The van der Waals surface area contributed by atoms with Gasteiger partial charge in [0.25, 0.3) is 0 Å². The average Bonchev–Trinajstić information content (AvgIpc) is 1.85. The largest absolute Gasteiger partial charge is 0.623 e. The lowest BCUT2D eigenvalue weighted by atomic mass is 10.1. The maximum atomic E-state index is 11.2. The number of nitrogens with zero attached hydrogens (tertiary/aromatic N) is 2. The van der Waals surface area contributed by atoms with Crippen molar-refractivity contribution < 1.29 is 9.53 Å². The summed E-state index contributed by atoms with van der Waals surface area (Å²) in [5.74, 6) is -0.292. The fourth-order valence-corrected chi connectivity index (χ4v) is 0.409. The highest BCUT2D eigenvalue weighted by Crippen LogP contribution is 2.03. The molecule has 0 saturated carbocycles. The summed E-state index contributed by atoms with van der Waals surface area (Å²) in [6, 6.07) is 0. The van der Waals surface area contributed by atoms with E-state index in [1.165, 1.54) is 4.90 Å². The summed E-state index contributed by atoms with van der Waals surface area (Å²) >= 11 is 0. The topological polar surface area (TPSA) is 46.4 Å². The molecule has 4 heteroatoms. The molecule has 0 aromatic rings. The zero-order chi connectivity index (χ0) is 9.94. The highest BCUT2D eigenvalue weighted by atomic mass is 16.5. The first-order valence-electron chi connectivity index (χ1n) is 3.78. The van der Waals surface area contributed by atoms with Gasteiger partial charge in [-0.05, 0) is 0 Å². The van der Waals surface area contributed by atoms with Crippen molar-refractivity contribution in [2.45, 2.75) is 26.3 Å².